The molecule has 90 valence electrons. The van der Waals surface area contributed by atoms with Gasteiger partial charge in [0.05, 0.1) is 6.54 Å². The van der Waals surface area contributed by atoms with Crippen LogP contribution < -0.4 is 16.2 Å². The van der Waals surface area contributed by atoms with Gasteiger partial charge in [0.2, 0.25) is 0 Å². The quantitative estimate of drug-likeness (QED) is 0.704. The van der Waals surface area contributed by atoms with Crippen LogP contribution in [-0.2, 0) is 7.05 Å². The van der Waals surface area contributed by atoms with Gasteiger partial charge in [-0.3, -0.25) is 14.6 Å². The molecule has 6 heteroatoms. The zero-order valence-corrected chi connectivity index (χ0v) is 9.78. The summed E-state index contributed by atoms with van der Waals surface area (Å²) in [6, 6.07) is 1.55. The van der Waals surface area contributed by atoms with Crippen molar-refractivity contribution < 1.29 is 4.79 Å². The predicted octanol–water partition coefficient (Wildman–Crippen LogP) is -0.0410. The topological polar surface area (TPSA) is 75.5 Å². The van der Waals surface area contributed by atoms with Crippen molar-refractivity contribution in [3.8, 4) is 0 Å². The van der Waals surface area contributed by atoms with Crippen LogP contribution in [0.2, 0.25) is 0 Å². The summed E-state index contributed by atoms with van der Waals surface area (Å²) >= 11 is 0. The fourth-order valence-electron chi connectivity index (χ4n) is 1.60. The first-order valence-electron chi connectivity index (χ1n) is 5.35. The number of hydrogen-bond acceptors (Lipinski definition) is 5. The van der Waals surface area contributed by atoms with Gasteiger partial charge in [0.15, 0.2) is 11.7 Å². The second kappa shape index (κ2) is 4.40. The zero-order valence-electron chi connectivity index (χ0n) is 9.78. The van der Waals surface area contributed by atoms with E-state index in [1.165, 1.54) is 17.7 Å². The van der Waals surface area contributed by atoms with Crippen molar-refractivity contribution in [1.82, 2.24) is 9.88 Å². The Morgan fingerprint density at radius 1 is 1.59 bits per heavy atom. The van der Waals surface area contributed by atoms with Crippen LogP contribution >= 0.6 is 0 Å². The number of nitrogens with zero attached hydrogens (tertiary/aromatic N) is 2. The summed E-state index contributed by atoms with van der Waals surface area (Å²) in [6.07, 6.45) is 1.53. The Balaban J connectivity index is 2.38. The van der Waals surface area contributed by atoms with E-state index in [4.69, 9.17) is 0 Å². The van der Waals surface area contributed by atoms with Gasteiger partial charge in [-0.15, -0.1) is 0 Å². The summed E-state index contributed by atoms with van der Waals surface area (Å²) in [4.78, 5) is 27.3. The van der Waals surface area contributed by atoms with E-state index in [2.05, 4.69) is 15.6 Å². The molecule has 0 aliphatic carbocycles. The molecule has 0 spiro atoms. The normalized spacial score (nSPS) is 14.1. The number of hydrogen-bond donors (Lipinski definition) is 2. The molecule has 1 aromatic rings. The SMILES string of the molecule is CC(=O)c1cc(NC2=NCCN2)c(=O)n(C)c1. The van der Waals surface area contributed by atoms with Crippen LogP contribution in [0.15, 0.2) is 22.1 Å². The lowest BCUT2D eigenvalue weighted by Crippen LogP contribution is -2.31. The lowest BCUT2D eigenvalue weighted by molar-refractivity contribution is 0.101. The summed E-state index contributed by atoms with van der Waals surface area (Å²) in [5.41, 5.74) is 0.660. The number of nitrogens with one attached hydrogen (secondary N) is 2. The van der Waals surface area contributed by atoms with E-state index in [0.717, 1.165) is 6.54 Å². The first-order chi connectivity index (χ1) is 8.08. The minimum absolute atomic E-state index is 0.0787. The van der Waals surface area contributed by atoms with Crippen LogP contribution in [0.1, 0.15) is 17.3 Å². The van der Waals surface area contributed by atoms with Gasteiger partial charge in [0, 0.05) is 25.4 Å². The molecule has 2 N–H and O–H groups in total. The van der Waals surface area contributed by atoms with Crippen LogP contribution in [0.25, 0.3) is 0 Å². The number of carbonyl (C=O) groups is 1. The Morgan fingerprint density at radius 2 is 2.35 bits per heavy atom. The van der Waals surface area contributed by atoms with Crippen LogP contribution in [-0.4, -0.2) is 29.4 Å². The summed E-state index contributed by atoms with van der Waals surface area (Å²) in [6.45, 7) is 2.92. The number of pyridine rings is 1. The molecule has 1 aromatic heterocycles. The lowest BCUT2D eigenvalue weighted by Gasteiger charge is -2.09. The number of aryl methyl sites for hydroxylation is 1. The minimum Gasteiger partial charge on any atom is -0.354 e. The Kier molecular flexibility index (Phi) is 2.95. The molecular weight excluding hydrogens is 220 g/mol. The maximum absolute atomic E-state index is 11.8. The first kappa shape index (κ1) is 11.4. The third-order valence-electron chi connectivity index (χ3n) is 2.52. The molecule has 0 fully saturated rings. The third kappa shape index (κ3) is 2.35. The smallest absolute Gasteiger partial charge is 0.274 e. The molecule has 0 amide bonds. The number of carbonyl (C=O) groups excluding carboxylic acids is 1. The van der Waals surface area contributed by atoms with Gasteiger partial charge in [0.1, 0.15) is 5.69 Å². The van der Waals surface area contributed by atoms with Crippen molar-refractivity contribution in [2.24, 2.45) is 12.0 Å². The highest BCUT2D eigenvalue weighted by Gasteiger charge is 2.11. The standard InChI is InChI=1S/C11H14N4O2/c1-7(16)8-5-9(10(17)15(2)6-8)14-11-12-3-4-13-11/h5-6H,3-4H2,1-2H3,(H2,12,13,14). The Bertz CT molecular complexity index is 545. The minimum atomic E-state index is -0.189. The third-order valence-corrected chi connectivity index (χ3v) is 2.52. The van der Waals surface area contributed by atoms with E-state index in [1.54, 1.807) is 13.1 Å². The number of rotatable bonds is 2. The van der Waals surface area contributed by atoms with Gasteiger partial charge in [-0.05, 0) is 13.0 Å². The van der Waals surface area contributed by atoms with Gasteiger partial charge in [-0.2, -0.15) is 0 Å². The van der Waals surface area contributed by atoms with Crippen molar-refractivity contribution in [2.75, 3.05) is 18.4 Å². The van der Waals surface area contributed by atoms with E-state index in [-0.39, 0.29) is 11.3 Å². The maximum Gasteiger partial charge on any atom is 0.274 e. The summed E-state index contributed by atoms with van der Waals surface area (Å²) in [5, 5.41) is 5.90. The van der Waals surface area contributed by atoms with E-state index in [0.29, 0.717) is 23.8 Å². The summed E-state index contributed by atoms with van der Waals surface area (Å²) in [7, 11) is 1.61. The van der Waals surface area contributed by atoms with Gasteiger partial charge < -0.3 is 15.2 Å². The first-order valence-corrected chi connectivity index (χ1v) is 5.35. The molecule has 17 heavy (non-hydrogen) atoms. The van der Waals surface area contributed by atoms with Crippen molar-refractivity contribution in [3.05, 3.63) is 28.2 Å². The summed E-state index contributed by atoms with van der Waals surface area (Å²) in [5.74, 6) is 0.493. The highest BCUT2D eigenvalue weighted by Crippen LogP contribution is 2.06. The average molecular weight is 234 g/mol. The fourth-order valence-corrected chi connectivity index (χ4v) is 1.60. The molecule has 1 aliphatic rings. The molecule has 1 aliphatic heterocycles. The summed E-state index contributed by atoms with van der Waals surface area (Å²) < 4.78 is 1.38. The number of ketones is 1. The molecule has 0 atom stereocenters. The molecule has 6 nitrogen and oxygen atoms in total. The van der Waals surface area contributed by atoms with Gasteiger partial charge in [-0.1, -0.05) is 0 Å². The number of guanidine groups is 1. The highest BCUT2D eigenvalue weighted by atomic mass is 16.1. The van der Waals surface area contributed by atoms with Crippen LogP contribution in [0.3, 0.4) is 0 Å². The van der Waals surface area contributed by atoms with Crippen molar-refractivity contribution in [1.29, 1.82) is 0 Å². The Hall–Kier alpha value is -2.11. The van der Waals surface area contributed by atoms with E-state index >= 15 is 0 Å². The van der Waals surface area contributed by atoms with Crippen LogP contribution in [0, 0.1) is 0 Å². The molecule has 0 unspecified atom stereocenters. The predicted molar refractivity (Wildman–Crippen MR) is 65.6 cm³/mol. The Morgan fingerprint density at radius 3 is 2.94 bits per heavy atom. The largest absolute Gasteiger partial charge is 0.354 e. The van der Waals surface area contributed by atoms with Crippen LogP contribution in [0.5, 0.6) is 0 Å². The van der Waals surface area contributed by atoms with Crippen molar-refractivity contribution >= 4 is 17.4 Å². The van der Waals surface area contributed by atoms with Crippen molar-refractivity contribution in [2.45, 2.75) is 6.92 Å². The molecule has 2 rings (SSSR count). The van der Waals surface area contributed by atoms with E-state index < -0.39 is 0 Å². The van der Waals surface area contributed by atoms with E-state index in [9.17, 15) is 9.59 Å². The van der Waals surface area contributed by atoms with Gasteiger partial charge in [0.25, 0.3) is 5.56 Å². The second-order valence-corrected chi connectivity index (χ2v) is 3.90. The molecular formula is C11H14N4O2. The molecule has 0 saturated heterocycles. The van der Waals surface area contributed by atoms with Gasteiger partial charge in [-0.25, -0.2) is 0 Å². The second-order valence-electron chi connectivity index (χ2n) is 3.90. The van der Waals surface area contributed by atoms with Crippen molar-refractivity contribution in [3.63, 3.8) is 0 Å². The van der Waals surface area contributed by atoms with E-state index in [1.807, 2.05) is 0 Å². The number of aliphatic imine (C=N–C) groups is 1. The molecule has 0 aromatic carbocycles. The fraction of sp³-hybridized carbons (Fsp3) is 0.364. The van der Waals surface area contributed by atoms with Crippen LogP contribution in [0.4, 0.5) is 5.69 Å². The maximum atomic E-state index is 11.8. The Labute approximate surface area is 98.4 Å². The average Bonchev–Trinajstić information content (AvgIpc) is 2.77. The highest BCUT2D eigenvalue weighted by molar-refractivity contribution is 5.98. The lowest BCUT2D eigenvalue weighted by atomic mass is 10.2. The number of anilines is 1. The van der Waals surface area contributed by atoms with Gasteiger partial charge >= 0.3 is 0 Å². The monoisotopic (exact) mass is 234 g/mol. The molecule has 0 saturated carbocycles. The zero-order chi connectivity index (χ0) is 12.4. The molecule has 2 heterocycles. The molecule has 0 bridgehead atoms. The number of Topliss-reactive ketones (excluding diaryl/α,β-unsaturated/α-hetero) is 1. The molecule has 0 radical (unpaired) electrons. The number of aromatic nitrogens is 1.